The molecule has 0 spiro atoms. The van der Waals surface area contributed by atoms with Gasteiger partial charge in [0, 0.05) is 28.5 Å². The highest BCUT2D eigenvalue weighted by molar-refractivity contribution is 9.10. The SMILES string of the molecule is CC(C)(C)OC(=O)n1cc(Cn2cc(Br)ccc2=O)cn1. The van der Waals surface area contributed by atoms with Gasteiger partial charge >= 0.3 is 6.09 Å². The highest BCUT2D eigenvalue weighted by atomic mass is 79.9. The number of carbonyl (C=O) groups is 1. The topological polar surface area (TPSA) is 66.1 Å². The Morgan fingerprint density at radius 3 is 2.71 bits per heavy atom. The number of aromatic nitrogens is 3. The lowest BCUT2D eigenvalue weighted by atomic mass is 10.2. The van der Waals surface area contributed by atoms with Crippen molar-refractivity contribution in [1.29, 1.82) is 0 Å². The molecule has 7 heteroatoms. The van der Waals surface area contributed by atoms with Crippen molar-refractivity contribution in [2.45, 2.75) is 32.9 Å². The number of hydrogen-bond donors (Lipinski definition) is 0. The van der Waals surface area contributed by atoms with Gasteiger partial charge < -0.3 is 9.30 Å². The maximum absolute atomic E-state index is 11.8. The van der Waals surface area contributed by atoms with Gasteiger partial charge in [-0.3, -0.25) is 4.79 Å². The molecule has 2 aromatic heterocycles. The Morgan fingerprint density at radius 2 is 2.05 bits per heavy atom. The molecule has 2 rings (SSSR count). The first kappa shape index (κ1) is 15.5. The van der Waals surface area contributed by atoms with Gasteiger partial charge in [0.15, 0.2) is 0 Å². The van der Waals surface area contributed by atoms with E-state index in [1.807, 2.05) is 0 Å². The van der Waals surface area contributed by atoms with E-state index in [0.29, 0.717) is 6.54 Å². The molecular formula is C14H16BrN3O3. The number of nitrogens with zero attached hydrogens (tertiary/aromatic N) is 3. The summed E-state index contributed by atoms with van der Waals surface area (Å²) in [6, 6.07) is 3.16. The fourth-order valence-electron chi connectivity index (χ4n) is 1.67. The van der Waals surface area contributed by atoms with Crippen molar-refractivity contribution in [2.75, 3.05) is 0 Å². The normalized spacial score (nSPS) is 11.4. The van der Waals surface area contributed by atoms with Crippen LogP contribution in [0, 0.1) is 0 Å². The van der Waals surface area contributed by atoms with E-state index in [-0.39, 0.29) is 5.56 Å². The van der Waals surface area contributed by atoms with Crippen LogP contribution in [0.2, 0.25) is 0 Å². The summed E-state index contributed by atoms with van der Waals surface area (Å²) in [4.78, 5) is 23.6. The van der Waals surface area contributed by atoms with E-state index in [1.165, 1.54) is 16.8 Å². The molecule has 112 valence electrons. The van der Waals surface area contributed by atoms with Crippen molar-refractivity contribution < 1.29 is 9.53 Å². The summed E-state index contributed by atoms with van der Waals surface area (Å²) in [5.74, 6) is 0. The summed E-state index contributed by atoms with van der Waals surface area (Å²) in [5.41, 5.74) is 0.0361. The van der Waals surface area contributed by atoms with Gasteiger partial charge in [0.05, 0.1) is 12.7 Å². The summed E-state index contributed by atoms with van der Waals surface area (Å²) >= 11 is 3.32. The Kier molecular flexibility index (Phi) is 4.32. The van der Waals surface area contributed by atoms with E-state index in [0.717, 1.165) is 14.7 Å². The maximum Gasteiger partial charge on any atom is 0.435 e. The average molecular weight is 354 g/mol. The van der Waals surface area contributed by atoms with Crippen LogP contribution in [0.15, 0.2) is 40.0 Å². The lowest BCUT2D eigenvalue weighted by Crippen LogP contribution is -2.27. The van der Waals surface area contributed by atoms with E-state index in [4.69, 9.17) is 4.74 Å². The van der Waals surface area contributed by atoms with Crippen LogP contribution < -0.4 is 5.56 Å². The quantitative estimate of drug-likeness (QED) is 0.832. The van der Waals surface area contributed by atoms with Crippen molar-refractivity contribution in [3.05, 3.63) is 51.1 Å². The van der Waals surface area contributed by atoms with E-state index >= 15 is 0 Å². The minimum Gasteiger partial charge on any atom is -0.442 e. The molecule has 0 saturated carbocycles. The molecule has 0 N–H and O–H groups in total. The lowest BCUT2D eigenvalue weighted by Gasteiger charge is -2.18. The van der Waals surface area contributed by atoms with Crippen LogP contribution in [0.5, 0.6) is 0 Å². The predicted octanol–water partition coefficient (Wildman–Crippen LogP) is 2.64. The maximum atomic E-state index is 11.8. The third-order valence-corrected chi connectivity index (χ3v) is 2.99. The first-order chi connectivity index (χ1) is 9.74. The average Bonchev–Trinajstić information content (AvgIpc) is 2.80. The second-order valence-electron chi connectivity index (χ2n) is 5.59. The van der Waals surface area contributed by atoms with Crippen LogP contribution in [-0.4, -0.2) is 26.0 Å². The number of pyridine rings is 1. The van der Waals surface area contributed by atoms with Crippen molar-refractivity contribution in [1.82, 2.24) is 14.3 Å². The summed E-state index contributed by atoms with van der Waals surface area (Å²) in [6.45, 7) is 5.70. The molecule has 0 amide bonds. The van der Waals surface area contributed by atoms with Gasteiger partial charge in [-0.2, -0.15) is 9.78 Å². The summed E-state index contributed by atoms with van der Waals surface area (Å²) in [5, 5.41) is 3.96. The molecule has 0 fully saturated rings. The van der Waals surface area contributed by atoms with Crippen molar-refractivity contribution in [2.24, 2.45) is 0 Å². The molecule has 0 saturated heterocycles. The van der Waals surface area contributed by atoms with Crippen molar-refractivity contribution in [3.8, 4) is 0 Å². The second kappa shape index (κ2) is 5.85. The Morgan fingerprint density at radius 1 is 1.33 bits per heavy atom. The van der Waals surface area contributed by atoms with E-state index < -0.39 is 11.7 Å². The van der Waals surface area contributed by atoms with Crippen molar-refractivity contribution >= 4 is 22.0 Å². The summed E-state index contributed by atoms with van der Waals surface area (Å²) < 4.78 is 8.68. The smallest absolute Gasteiger partial charge is 0.435 e. The molecule has 0 bridgehead atoms. The number of ether oxygens (including phenoxy) is 1. The molecule has 0 atom stereocenters. The van der Waals surface area contributed by atoms with Gasteiger partial charge in [-0.25, -0.2) is 4.79 Å². The first-order valence-electron chi connectivity index (χ1n) is 6.37. The predicted molar refractivity (Wildman–Crippen MR) is 81.4 cm³/mol. The van der Waals surface area contributed by atoms with Crippen molar-refractivity contribution in [3.63, 3.8) is 0 Å². The molecule has 0 aliphatic heterocycles. The van der Waals surface area contributed by atoms with E-state index in [2.05, 4.69) is 21.0 Å². The minimum absolute atomic E-state index is 0.122. The molecule has 0 unspecified atom stereocenters. The van der Waals surface area contributed by atoms with Crippen LogP contribution in [0.25, 0.3) is 0 Å². The van der Waals surface area contributed by atoms with Crippen LogP contribution in [0.3, 0.4) is 0 Å². The first-order valence-corrected chi connectivity index (χ1v) is 7.17. The fourth-order valence-corrected chi connectivity index (χ4v) is 2.05. The van der Waals surface area contributed by atoms with E-state index in [9.17, 15) is 9.59 Å². The Hall–Kier alpha value is -1.89. The van der Waals surface area contributed by atoms with Crippen LogP contribution in [0.1, 0.15) is 26.3 Å². The monoisotopic (exact) mass is 353 g/mol. The zero-order valence-corrected chi connectivity index (χ0v) is 13.6. The summed E-state index contributed by atoms with van der Waals surface area (Å²) in [7, 11) is 0. The Bertz CT molecular complexity index is 713. The molecule has 6 nitrogen and oxygen atoms in total. The third kappa shape index (κ3) is 4.29. The van der Waals surface area contributed by atoms with Gasteiger partial charge in [-0.15, -0.1) is 0 Å². The van der Waals surface area contributed by atoms with Gasteiger partial charge in [-0.1, -0.05) is 0 Å². The zero-order valence-electron chi connectivity index (χ0n) is 12.0. The van der Waals surface area contributed by atoms with Gasteiger partial charge in [0.2, 0.25) is 0 Å². The fraction of sp³-hybridized carbons (Fsp3) is 0.357. The molecule has 0 aliphatic rings. The van der Waals surface area contributed by atoms with Crippen LogP contribution >= 0.6 is 15.9 Å². The number of rotatable bonds is 2. The molecule has 21 heavy (non-hydrogen) atoms. The number of hydrogen-bond acceptors (Lipinski definition) is 4. The largest absolute Gasteiger partial charge is 0.442 e. The Labute approximate surface area is 130 Å². The highest BCUT2D eigenvalue weighted by Gasteiger charge is 2.18. The van der Waals surface area contributed by atoms with E-state index in [1.54, 1.807) is 39.2 Å². The lowest BCUT2D eigenvalue weighted by molar-refractivity contribution is 0.0514. The van der Waals surface area contributed by atoms with Crippen LogP contribution in [0.4, 0.5) is 4.79 Å². The molecule has 0 aliphatic carbocycles. The molecule has 0 radical (unpaired) electrons. The number of carbonyl (C=O) groups excluding carboxylic acids is 1. The van der Waals surface area contributed by atoms with Gasteiger partial charge in [-0.05, 0) is 42.8 Å². The van der Waals surface area contributed by atoms with Crippen LogP contribution in [-0.2, 0) is 11.3 Å². The highest BCUT2D eigenvalue weighted by Crippen LogP contribution is 2.10. The number of halogens is 1. The molecular weight excluding hydrogens is 338 g/mol. The standard InChI is InChI=1S/C14H16BrN3O3/c1-14(2,3)21-13(20)18-8-10(6-16-18)7-17-9-11(15)4-5-12(17)19/h4-6,8-9H,7H2,1-3H3. The molecule has 2 heterocycles. The van der Waals surface area contributed by atoms with Gasteiger partial charge in [0.25, 0.3) is 5.56 Å². The molecule has 2 aromatic rings. The zero-order chi connectivity index (χ0) is 15.6. The minimum atomic E-state index is -0.579. The third-order valence-electron chi connectivity index (χ3n) is 2.52. The molecule has 0 aromatic carbocycles. The van der Waals surface area contributed by atoms with Gasteiger partial charge in [0.1, 0.15) is 5.60 Å². The second-order valence-corrected chi connectivity index (χ2v) is 6.50. The Balaban J connectivity index is 2.15. The summed E-state index contributed by atoms with van der Waals surface area (Å²) in [6.07, 6.45) is 4.24.